The van der Waals surface area contributed by atoms with E-state index in [0.29, 0.717) is 18.5 Å². The van der Waals surface area contributed by atoms with Gasteiger partial charge in [-0.05, 0) is 44.7 Å². The summed E-state index contributed by atoms with van der Waals surface area (Å²) in [5.74, 6) is -0.275. The molecular formula is C19H27NO3. The third-order valence-electron chi connectivity index (χ3n) is 5.92. The molecule has 2 aliphatic rings. The van der Waals surface area contributed by atoms with Gasteiger partial charge < -0.3 is 14.7 Å². The largest absolute Gasteiger partial charge is 0.462 e. The van der Waals surface area contributed by atoms with E-state index < -0.39 is 5.41 Å². The molecule has 4 heteroatoms. The number of fused-ring (bicyclic) bond motifs is 2. The number of esters is 1. The minimum atomic E-state index is -0.941. The molecule has 4 atom stereocenters. The molecule has 3 rings (SSSR count). The Bertz CT molecular complexity index is 527. The molecule has 2 aliphatic heterocycles. The SMILES string of the molecule is CC[C@@](CO)(C(=O)OC1C[C@H]2CC[C@@H](C1)N2C)c1ccccc1. The Morgan fingerprint density at radius 1 is 1.26 bits per heavy atom. The van der Waals surface area contributed by atoms with Gasteiger partial charge in [0.25, 0.3) is 0 Å². The molecule has 0 radical (unpaired) electrons. The maximum Gasteiger partial charge on any atom is 0.319 e. The van der Waals surface area contributed by atoms with Crippen LogP contribution in [0.5, 0.6) is 0 Å². The van der Waals surface area contributed by atoms with E-state index in [-0.39, 0.29) is 18.7 Å². The monoisotopic (exact) mass is 317 g/mol. The first-order chi connectivity index (χ1) is 11.1. The fourth-order valence-corrected chi connectivity index (χ4v) is 4.21. The van der Waals surface area contributed by atoms with E-state index in [0.717, 1.165) is 18.4 Å². The molecule has 1 N–H and O–H groups in total. The van der Waals surface area contributed by atoms with Gasteiger partial charge in [0.15, 0.2) is 0 Å². The minimum Gasteiger partial charge on any atom is -0.462 e. The second kappa shape index (κ2) is 6.62. The van der Waals surface area contributed by atoms with E-state index in [2.05, 4.69) is 11.9 Å². The normalized spacial score (nSPS) is 30.0. The van der Waals surface area contributed by atoms with E-state index in [1.54, 1.807) is 0 Å². The van der Waals surface area contributed by atoms with Gasteiger partial charge in [-0.15, -0.1) is 0 Å². The zero-order valence-electron chi connectivity index (χ0n) is 14.1. The summed E-state index contributed by atoms with van der Waals surface area (Å²) in [6, 6.07) is 10.6. The number of ether oxygens (including phenoxy) is 1. The number of hydrogen-bond acceptors (Lipinski definition) is 4. The lowest BCUT2D eigenvalue weighted by Crippen LogP contribution is -2.47. The summed E-state index contributed by atoms with van der Waals surface area (Å²) in [5, 5.41) is 9.98. The summed E-state index contributed by atoms with van der Waals surface area (Å²) in [5.41, 5.74) is -0.102. The summed E-state index contributed by atoms with van der Waals surface area (Å²) < 4.78 is 5.90. The molecule has 23 heavy (non-hydrogen) atoms. The predicted octanol–water partition coefficient (Wildman–Crippen LogP) is 2.50. The van der Waals surface area contributed by atoms with Crippen molar-refractivity contribution in [2.24, 2.45) is 0 Å². The first kappa shape index (κ1) is 16.5. The van der Waals surface area contributed by atoms with Gasteiger partial charge in [0.2, 0.25) is 0 Å². The number of nitrogens with zero attached hydrogens (tertiary/aromatic N) is 1. The van der Waals surface area contributed by atoms with Gasteiger partial charge in [-0.1, -0.05) is 37.3 Å². The van der Waals surface area contributed by atoms with Crippen LogP contribution in [0.15, 0.2) is 30.3 Å². The lowest BCUT2D eigenvalue weighted by Gasteiger charge is -2.38. The van der Waals surface area contributed by atoms with Gasteiger partial charge in [-0.2, -0.15) is 0 Å². The Balaban J connectivity index is 1.75. The van der Waals surface area contributed by atoms with Crippen LogP contribution in [-0.2, 0) is 14.9 Å². The van der Waals surface area contributed by atoms with Crippen LogP contribution in [0.2, 0.25) is 0 Å². The van der Waals surface area contributed by atoms with Crippen LogP contribution in [0.3, 0.4) is 0 Å². The van der Waals surface area contributed by atoms with Crippen LogP contribution in [0.25, 0.3) is 0 Å². The second-order valence-electron chi connectivity index (χ2n) is 7.01. The zero-order chi connectivity index (χ0) is 16.4. The highest BCUT2D eigenvalue weighted by atomic mass is 16.5. The average molecular weight is 317 g/mol. The Hall–Kier alpha value is -1.39. The molecule has 2 fully saturated rings. The van der Waals surface area contributed by atoms with Crippen LogP contribution in [0.4, 0.5) is 0 Å². The van der Waals surface area contributed by atoms with Crippen molar-refractivity contribution in [1.29, 1.82) is 0 Å². The quantitative estimate of drug-likeness (QED) is 0.848. The number of benzene rings is 1. The van der Waals surface area contributed by atoms with Crippen molar-refractivity contribution in [2.75, 3.05) is 13.7 Å². The highest BCUT2D eigenvalue weighted by molar-refractivity contribution is 5.83. The Kier molecular flexibility index (Phi) is 4.74. The molecule has 0 amide bonds. The third-order valence-corrected chi connectivity index (χ3v) is 5.92. The smallest absolute Gasteiger partial charge is 0.319 e. The molecule has 0 spiro atoms. The van der Waals surface area contributed by atoms with Crippen LogP contribution in [0, 0.1) is 0 Å². The first-order valence-electron chi connectivity index (χ1n) is 8.70. The molecule has 126 valence electrons. The number of rotatable bonds is 5. The summed E-state index contributed by atoms with van der Waals surface area (Å²) in [6.45, 7) is 1.72. The number of aliphatic hydroxyl groups is 1. The van der Waals surface area contributed by atoms with Gasteiger partial charge >= 0.3 is 5.97 Å². The van der Waals surface area contributed by atoms with Crippen molar-refractivity contribution in [3.63, 3.8) is 0 Å². The van der Waals surface area contributed by atoms with Gasteiger partial charge in [-0.3, -0.25) is 4.79 Å². The number of aliphatic hydroxyl groups excluding tert-OH is 1. The Morgan fingerprint density at radius 2 is 1.87 bits per heavy atom. The van der Waals surface area contributed by atoms with Crippen molar-refractivity contribution >= 4 is 5.97 Å². The average Bonchev–Trinajstić information content (AvgIpc) is 2.79. The van der Waals surface area contributed by atoms with E-state index >= 15 is 0 Å². The van der Waals surface area contributed by atoms with Crippen LogP contribution in [0.1, 0.15) is 44.6 Å². The molecule has 2 bridgehead atoms. The molecule has 2 saturated heterocycles. The van der Waals surface area contributed by atoms with Crippen LogP contribution < -0.4 is 0 Å². The van der Waals surface area contributed by atoms with E-state index in [1.807, 2.05) is 37.3 Å². The summed E-state index contributed by atoms with van der Waals surface area (Å²) >= 11 is 0. The fourth-order valence-electron chi connectivity index (χ4n) is 4.21. The van der Waals surface area contributed by atoms with Crippen molar-refractivity contribution in [1.82, 2.24) is 4.90 Å². The van der Waals surface area contributed by atoms with Gasteiger partial charge in [0, 0.05) is 12.1 Å². The molecule has 2 heterocycles. The lowest BCUT2D eigenvalue weighted by atomic mass is 9.78. The van der Waals surface area contributed by atoms with Crippen molar-refractivity contribution in [2.45, 2.75) is 62.6 Å². The topological polar surface area (TPSA) is 49.8 Å². The number of piperidine rings is 1. The standard InChI is InChI=1S/C19H27NO3/c1-3-19(13-21,14-7-5-4-6-8-14)18(22)23-17-11-15-9-10-16(12-17)20(15)2/h4-8,15-17,21H,3,9-13H2,1-2H3/t15-,16+,17?,19-/m0/s1. The maximum absolute atomic E-state index is 12.9. The maximum atomic E-state index is 12.9. The summed E-state index contributed by atoms with van der Waals surface area (Å²) in [7, 11) is 2.18. The molecule has 0 aromatic heterocycles. The minimum absolute atomic E-state index is 0.0163. The van der Waals surface area contributed by atoms with E-state index in [1.165, 1.54) is 12.8 Å². The fraction of sp³-hybridized carbons (Fsp3) is 0.632. The molecule has 0 aliphatic carbocycles. The van der Waals surface area contributed by atoms with E-state index in [4.69, 9.17) is 4.74 Å². The molecular weight excluding hydrogens is 290 g/mol. The van der Waals surface area contributed by atoms with Crippen LogP contribution in [-0.4, -0.2) is 47.8 Å². The van der Waals surface area contributed by atoms with Crippen LogP contribution >= 0.6 is 0 Å². The highest BCUT2D eigenvalue weighted by Gasteiger charge is 2.44. The third kappa shape index (κ3) is 2.90. The van der Waals surface area contributed by atoms with Crippen molar-refractivity contribution < 1.29 is 14.6 Å². The highest BCUT2D eigenvalue weighted by Crippen LogP contribution is 2.37. The summed E-state index contributed by atoms with van der Waals surface area (Å²) in [4.78, 5) is 15.3. The number of carbonyl (C=O) groups is 1. The van der Waals surface area contributed by atoms with E-state index in [9.17, 15) is 9.90 Å². The molecule has 4 nitrogen and oxygen atoms in total. The molecule has 1 aromatic carbocycles. The van der Waals surface area contributed by atoms with Gasteiger partial charge in [0.05, 0.1) is 6.61 Å². The molecule has 1 unspecified atom stereocenters. The van der Waals surface area contributed by atoms with Gasteiger partial charge in [-0.25, -0.2) is 0 Å². The molecule has 1 aromatic rings. The lowest BCUT2D eigenvalue weighted by molar-refractivity contribution is -0.161. The zero-order valence-corrected chi connectivity index (χ0v) is 14.1. The predicted molar refractivity (Wildman–Crippen MR) is 89.2 cm³/mol. The Labute approximate surface area is 138 Å². The first-order valence-corrected chi connectivity index (χ1v) is 8.70. The number of carbonyl (C=O) groups excluding carboxylic acids is 1. The Morgan fingerprint density at radius 3 is 2.39 bits per heavy atom. The number of hydrogen-bond donors (Lipinski definition) is 1. The molecule has 0 saturated carbocycles. The van der Waals surface area contributed by atoms with Crippen molar-refractivity contribution in [3.8, 4) is 0 Å². The summed E-state index contributed by atoms with van der Waals surface area (Å²) in [6.07, 6.45) is 4.75. The van der Waals surface area contributed by atoms with Gasteiger partial charge in [0.1, 0.15) is 11.5 Å². The second-order valence-corrected chi connectivity index (χ2v) is 7.01. The van der Waals surface area contributed by atoms with Crippen molar-refractivity contribution in [3.05, 3.63) is 35.9 Å².